The molecule has 0 aliphatic rings. The van der Waals surface area contributed by atoms with E-state index in [1.807, 2.05) is 13.8 Å². The highest BCUT2D eigenvalue weighted by atomic mass is 32.2. The normalized spacial score (nSPS) is 10.7. The molecule has 25 heavy (non-hydrogen) atoms. The maximum atomic E-state index is 12.8. The number of aromatic nitrogens is 1. The largest absolute Gasteiger partial charge is 0.494 e. The van der Waals surface area contributed by atoms with Crippen LogP contribution in [0.1, 0.15) is 29.9 Å². The number of ether oxygens (including phenoxy) is 1. The summed E-state index contributed by atoms with van der Waals surface area (Å²) >= 11 is 1.55. The summed E-state index contributed by atoms with van der Waals surface area (Å²) in [4.78, 5) is 11.8. The Morgan fingerprint density at radius 2 is 2.04 bits per heavy atom. The highest BCUT2D eigenvalue weighted by molar-refractivity contribution is 7.99. The molecule has 1 N–H and O–H groups in total. The predicted octanol–water partition coefficient (Wildman–Crippen LogP) is 3.64. The van der Waals surface area contributed by atoms with Crippen LogP contribution in [-0.4, -0.2) is 30.0 Å². The summed E-state index contributed by atoms with van der Waals surface area (Å²) in [5, 5.41) is 6.79. The SMILES string of the molecule is Cc1noc(C)c1CSCC(=O)NCCCCOc1ccc(F)cc1. The zero-order valence-electron chi connectivity index (χ0n) is 14.5. The van der Waals surface area contributed by atoms with Crippen LogP contribution in [0.3, 0.4) is 0 Å². The van der Waals surface area contributed by atoms with Crippen LogP contribution in [0.5, 0.6) is 5.75 Å². The second-order valence-electron chi connectivity index (χ2n) is 5.65. The number of halogens is 1. The topological polar surface area (TPSA) is 64.4 Å². The fourth-order valence-corrected chi connectivity index (χ4v) is 3.19. The fourth-order valence-electron chi connectivity index (χ4n) is 2.18. The van der Waals surface area contributed by atoms with Crippen molar-refractivity contribution in [1.82, 2.24) is 10.5 Å². The first-order valence-electron chi connectivity index (χ1n) is 8.21. The van der Waals surface area contributed by atoms with Crippen LogP contribution in [0, 0.1) is 19.7 Å². The smallest absolute Gasteiger partial charge is 0.230 e. The molecule has 0 radical (unpaired) electrons. The van der Waals surface area contributed by atoms with E-state index in [0.29, 0.717) is 24.7 Å². The van der Waals surface area contributed by atoms with E-state index < -0.39 is 0 Å². The summed E-state index contributed by atoms with van der Waals surface area (Å²) in [7, 11) is 0. The van der Waals surface area contributed by atoms with E-state index in [-0.39, 0.29) is 11.7 Å². The molecular formula is C18H23FN2O3S. The van der Waals surface area contributed by atoms with Gasteiger partial charge in [0.1, 0.15) is 17.3 Å². The number of aryl methyl sites for hydroxylation is 2. The van der Waals surface area contributed by atoms with E-state index in [1.54, 1.807) is 23.9 Å². The highest BCUT2D eigenvalue weighted by Crippen LogP contribution is 2.19. The molecule has 1 aromatic heterocycles. The van der Waals surface area contributed by atoms with Crippen LogP contribution < -0.4 is 10.1 Å². The number of hydrogen-bond donors (Lipinski definition) is 1. The quantitative estimate of drug-likeness (QED) is 0.651. The lowest BCUT2D eigenvalue weighted by atomic mass is 10.2. The molecule has 0 saturated carbocycles. The first kappa shape index (κ1) is 19.3. The van der Waals surface area contributed by atoms with Gasteiger partial charge in [-0.25, -0.2) is 4.39 Å². The van der Waals surface area contributed by atoms with E-state index in [4.69, 9.17) is 9.26 Å². The molecule has 5 nitrogen and oxygen atoms in total. The van der Waals surface area contributed by atoms with Gasteiger partial charge in [0.15, 0.2) is 0 Å². The molecule has 0 aliphatic carbocycles. The Balaban J connectivity index is 1.50. The number of thioether (sulfide) groups is 1. The third-order valence-corrected chi connectivity index (χ3v) is 4.60. The number of rotatable bonds is 10. The predicted molar refractivity (Wildman–Crippen MR) is 96.3 cm³/mol. The lowest BCUT2D eigenvalue weighted by Crippen LogP contribution is -2.26. The summed E-state index contributed by atoms with van der Waals surface area (Å²) in [6.07, 6.45) is 1.66. The lowest BCUT2D eigenvalue weighted by molar-refractivity contribution is -0.118. The van der Waals surface area contributed by atoms with Gasteiger partial charge in [0.25, 0.3) is 0 Å². The van der Waals surface area contributed by atoms with Gasteiger partial charge in [-0.3, -0.25) is 4.79 Å². The molecule has 0 atom stereocenters. The van der Waals surface area contributed by atoms with Crippen molar-refractivity contribution < 1.29 is 18.4 Å². The Bertz CT molecular complexity index is 654. The summed E-state index contributed by atoms with van der Waals surface area (Å²) < 4.78 is 23.4. The van der Waals surface area contributed by atoms with Crippen molar-refractivity contribution in [2.45, 2.75) is 32.4 Å². The number of nitrogens with one attached hydrogen (secondary N) is 1. The van der Waals surface area contributed by atoms with E-state index in [1.165, 1.54) is 12.1 Å². The minimum absolute atomic E-state index is 0.0243. The van der Waals surface area contributed by atoms with E-state index in [2.05, 4.69) is 10.5 Å². The molecule has 2 rings (SSSR count). The van der Waals surface area contributed by atoms with E-state index in [9.17, 15) is 9.18 Å². The Labute approximate surface area is 151 Å². The number of carbonyl (C=O) groups is 1. The Hall–Kier alpha value is -2.02. The molecule has 0 bridgehead atoms. The second-order valence-corrected chi connectivity index (χ2v) is 6.64. The summed E-state index contributed by atoms with van der Waals surface area (Å²) in [5.74, 6) is 2.35. The minimum Gasteiger partial charge on any atom is -0.494 e. The summed E-state index contributed by atoms with van der Waals surface area (Å²) in [5.41, 5.74) is 1.95. The van der Waals surface area contributed by atoms with Crippen molar-refractivity contribution in [3.05, 3.63) is 47.1 Å². The van der Waals surface area contributed by atoms with Gasteiger partial charge >= 0.3 is 0 Å². The molecule has 0 aliphatic heterocycles. The van der Waals surface area contributed by atoms with Crippen LogP contribution in [0.2, 0.25) is 0 Å². The highest BCUT2D eigenvalue weighted by Gasteiger charge is 2.09. The molecule has 0 spiro atoms. The Morgan fingerprint density at radius 1 is 1.28 bits per heavy atom. The molecule has 0 unspecified atom stereocenters. The van der Waals surface area contributed by atoms with Gasteiger partial charge in [0.05, 0.1) is 18.1 Å². The first-order valence-corrected chi connectivity index (χ1v) is 9.36. The van der Waals surface area contributed by atoms with Gasteiger partial charge in [-0.1, -0.05) is 5.16 Å². The van der Waals surface area contributed by atoms with Crippen LogP contribution in [0.25, 0.3) is 0 Å². The van der Waals surface area contributed by atoms with Crippen molar-refractivity contribution in [2.75, 3.05) is 18.9 Å². The van der Waals surface area contributed by atoms with Gasteiger partial charge < -0.3 is 14.6 Å². The van der Waals surface area contributed by atoms with Crippen LogP contribution in [0.4, 0.5) is 4.39 Å². The maximum Gasteiger partial charge on any atom is 0.230 e. The number of unbranched alkanes of at least 4 members (excludes halogenated alkanes) is 1. The third-order valence-electron chi connectivity index (χ3n) is 3.64. The Kier molecular flexibility index (Phi) is 7.78. The van der Waals surface area contributed by atoms with E-state index in [0.717, 1.165) is 35.6 Å². The fraction of sp³-hybridized carbons (Fsp3) is 0.444. The molecule has 2 aromatic rings. The lowest BCUT2D eigenvalue weighted by Gasteiger charge is -2.07. The Morgan fingerprint density at radius 3 is 2.72 bits per heavy atom. The number of nitrogens with zero attached hydrogens (tertiary/aromatic N) is 1. The van der Waals surface area contributed by atoms with Crippen LogP contribution >= 0.6 is 11.8 Å². The molecule has 7 heteroatoms. The average Bonchev–Trinajstić information content (AvgIpc) is 2.91. The van der Waals surface area contributed by atoms with Crippen LogP contribution in [-0.2, 0) is 10.5 Å². The van der Waals surface area contributed by atoms with Gasteiger partial charge in [0, 0.05) is 17.9 Å². The number of amides is 1. The summed E-state index contributed by atoms with van der Waals surface area (Å²) in [6, 6.07) is 5.95. The van der Waals surface area contributed by atoms with Gasteiger partial charge in [-0.05, 0) is 51.0 Å². The van der Waals surface area contributed by atoms with Gasteiger partial charge in [0.2, 0.25) is 5.91 Å². The maximum absolute atomic E-state index is 12.8. The van der Waals surface area contributed by atoms with E-state index >= 15 is 0 Å². The standard InChI is InChI=1S/C18H23FN2O3S/c1-13-17(14(2)24-21-13)11-25-12-18(22)20-9-3-4-10-23-16-7-5-15(19)6-8-16/h5-8H,3-4,9-12H2,1-2H3,(H,20,22). The van der Waals surface area contributed by atoms with Crippen molar-refractivity contribution in [2.24, 2.45) is 0 Å². The van der Waals surface area contributed by atoms with Crippen molar-refractivity contribution in [3.63, 3.8) is 0 Å². The van der Waals surface area contributed by atoms with Crippen molar-refractivity contribution in [3.8, 4) is 5.75 Å². The first-order chi connectivity index (χ1) is 12.1. The molecule has 1 aromatic carbocycles. The molecule has 136 valence electrons. The molecule has 0 fully saturated rings. The average molecular weight is 366 g/mol. The van der Waals surface area contributed by atoms with Crippen molar-refractivity contribution in [1.29, 1.82) is 0 Å². The van der Waals surface area contributed by atoms with Crippen molar-refractivity contribution >= 4 is 17.7 Å². The second kappa shape index (κ2) is 10.1. The third kappa shape index (κ3) is 6.78. The molecule has 1 amide bonds. The van der Waals surface area contributed by atoms with Gasteiger partial charge in [-0.15, -0.1) is 11.8 Å². The minimum atomic E-state index is -0.276. The number of hydrogen-bond acceptors (Lipinski definition) is 5. The molecule has 0 saturated heterocycles. The summed E-state index contributed by atoms with van der Waals surface area (Å²) in [6.45, 7) is 4.95. The zero-order valence-corrected chi connectivity index (χ0v) is 15.3. The van der Waals surface area contributed by atoms with Gasteiger partial charge in [-0.2, -0.15) is 0 Å². The number of benzene rings is 1. The zero-order chi connectivity index (χ0) is 18.1. The molecular weight excluding hydrogens is 343 g/mol. The monoisotopic (exact) mass is 366 g/mol. The number of carbonyl (C=O) groups excluding carboxylic acids is 1. The van der Waals surface area contributed by atoms with Crippen LogP contribution in [0.15, 0.2) is 28.8 Å². The molecule has 1 heterocycles.